The molecule has 1 aromatic rings. The van der Waals surface area contributed by atoms with Crippen molar-refractivity contribution in [2.24, 2.45) is 5.41 Å². The Labute approximate surface area is 110 Å². The lowest BCUT2D eigenvalue weighted by Gasteiger charge is -2.27. The Morgan fingerprint density at radius 1 is 1.33 bits per heavy atom. The lowest BCUT2D eigenvalue weighted by molar-refractivity contribution is 0.149. The summed E-state index contributed by atoms with van der Waals surface area (Å²) in [6.07, 6.45) is 0.987. The van der Waals surface area contributed by atoms with Crippen LogP contribution in [0, 0.1) is 11.2 Å². The average Bonchev–Trinajstić information content (AvgIpc) is 2.34. The molecular weight excluding hydrogens is 229 g/mol. The second-order valence-electron chi connectivity index (χ2n) is 5.53. The summed E-state index contributed by atoms with van der Waals surface area (Å²) in [5.41, 5.74) is 0.871. The molecule has 0 radical (unpaired) electrons. The third kappa shape index (κ3) is 4.75. The first-order chi connectivity index (χ1) is 8.46. The highest BCUT2D eigenvalue weighted by molar-refractivity contribution is 5.20. The molecule has 2 nitrogen and oxygen atoms in total. The quantitative estimate of drug-likeness (QED) is 0.802. The summed E-state index contributed by atoms with van der Waals surface area (Å²) >= 11 is 0. The Balaban J connectivity index is 2.51. The summed E-state index contributed by atoms with van der Waals surface area (Å²) in [5.74, 6) is -0.146. The maximum atomic E-state index is 13.6. The molecule has 0 aliphatic rings. The minimum atomic E-state index is -0.146. The van der Waals surface area contributed by atoms with Gasteiger partial charge < -0.3 is 10.1 Å². The van der Waals surface area contributed by atoms with Gasteiger partial charge in [0.1, 0.15) is 5.82 Å². The zero-order valence-electron chi connectivity index (χ0n) is 11.8. The maximum Gasteiger partial charge on any atom is 0.127 e. The van der Waals surface area contributed by atoms with E-state index in [4.69, 9.17) is 4.74 Å². The van der Waals surface area contributed by atoms with Crippen LogP contribution in [-0.4, -0.2) is 20.3 Å². The maximum absolute atomic E-state index is 13.6. The first kappa shape index (κ1) is 15.1. The van der Waals surface area contributed by atoms with Crippen LogP contribution in [0.5, 0.6) is 0 Å². The molecule has 1 N–H and O–H groups in total. The van der Waals surface area contributed by atoms with Crippen LogP contribution in [-0.2, 0) is 4.74 Å². The second-order valence-corrected chi connectivity index (χ2v) is 5.53. The normalized spacial score (nSPS) is 13.6. The number of ether oxygens (including phenoxy) is 1. The topological polar surface area (TPSA) is 21.3 Å². The molecule has 0 aromatic heterocycles. The number of methoxy groups -OCH3 is 1. The second kappa shape index (κ2) is 6.86. The van der Waals surface area contributed by atoms with Crippen LogP contribution in [0.4, 0.5) is 4.39 Å². The molecular formula is C15H24FNO. The highest BCUT2D eigenvalue weighted by atomic mass is 19.1. The number of hydrogen-bond acceptors (Lipinski definition) is 2. The number of nitrogens with one attached hydrogen (secondary N) is 1. The largest absolute Gasteiger partial charge is 0.385 e. The average molecular weight is 253 g/mol. The minimum absolute atomic E-state index is 0.0213. The molecule has 18 heavy (non-hydrogen) atoms. The van der Waals surface area contributed by atoms with Crippen LogP contribution < -0.4 is 5.32 Å². The number of rotatable bonds is 7. The van der Waals surface area contributed by atoms with Crippen LogP contribution >= 0.6 is 0 Å². The minimum Gasteiger partial charge on any atom is -0.385 e. The number of benzene rings is 1. The zero-order valence-corrected chi connectivity index (χ0v) is 11.8. The van der Waals surface area contributed by atoms with Gasteiger partial charge in [-0.05, 0) is 24.8 Å². The van der Waals surface area contributed by atoms with Crippen molar-refractivity contribution in [1.29, 1.82) is 0 Å². The first-order valence-electron chi connectivity index (χ1n) is 6.43. The van der Waals surface area contributed by atoms with E-state index in [0.717, 1.165) is 25.1 Å². The van der Waals surface area contributed by atoms with E-state index in [1.165, 1.54) is 6.07 Å². The van der Waals surface area contributed by atoms with E-state index in [2.05, 4.69) is 19.2 Å². The Morgan fingerprint density at radius 2 is 2.00 bits per heavy atom. The van der Waals surface area contributed by atoms with E-state index in [-0.39, 0.29) is 17.3 Å². The molecule has 1 atom stereocenters. The van der Waals surface area contributed by atoms with Gasteiger partial charge in [0.25, 0.3) is 0 Å². The van der Waals surface area contributed by atoms with Crippen LogP contribution in [0.25, 0.3) is 0 Å². The lowest BCUT2D eigenvalue weighted by Crippen LogP contribution is -2.32. The predicted octanol–water partition coefficient (Wildman–Crippen LogP) is 3.54. The molecule has 1 unspecified atom stereocenters. The third-order valence-corrected chi connectivity index (χ3v) is 3.24. The smallest absolute Gasteiger partial charge is 0.127 e. The third-order valence-electron chi connectivity index (χ3n) is 3.24. The molecule has 0 saturated carbocycles. The Hall–Kier alpha value is -0.930. The van der Waals surface area contributed by atoms with E-state index < -0.39 is 0 Å². The standard InChI is InChI=1S/C15H24FNO/c1-12(13-7-5-6-8-14(13)16)17-11-15(2,3)9-10-18-4/h5-8,12,17H,9-11H2,1-4H3. The fourth-order valence-electron chi connectivity index (χ4n) is 1.83. The van der Waals surface area contributed by atoms with E-state index in [0.29, 0.717) is 0 Å². The van der Waals surface area contributed by atoms with E-state index in [9.17, 15) is 4.39 Å². The van der Waals surface area contributed by atoms with Gasteiger partial charge in [0.2, 0.25) is 0 Å². The summed E-state index contributed by atoms with van der Waals surface area (Å²) in [6.45, 7) is 7.96. The first-order valence-corrected chi connectivity index (χ1v) is 6.43. The van der Waals surface area contributed by atoms with Gasteiger partial charge in [-0.15, -0.1) is 0 Å². The van der Waals surface area contributed by atoms with Crippen molar-refractivity contribution < 1.29 is 9.13 Å². The van der Waals surface area contributed by atoms with E-state index in [1.807, 2.05) is 19.1 Å². The van der Waals surface area contributed by atoms with Gasteiger partial charge in [0, 0.05) is 31.9 Å². The van der Waals surface area contributed by atoms with Crippen molar-refractivity contribution in [1.82, 2.24) is 5.32 Å². The Kier molecular flexibility index (Phi) is 5.76. The van der Waals surface area contributed by atoms with Crippen molar-refractivity contribution in [2.75, 3.05) is 20.3 Å². The van der Waals surface area contributed by atoms with Crippen LogP contribution in [0.15, 0.2) is 24.3 Å². The van der Waals surface area contributed by atoms with Gasteiger partial charge >= 0.3 is 0 Å². The van der Waals surface area contributed by atoms with E-state index >= 15 is 0 Å². The summed E-state index contributed by atoms with van der Waals surface area (Å²) in [7, 11) is 1.71. The van der Waals surface area contributed by atoms with Crippen molar-refractivity contribution in [3.05, 3.63) is 35.6 Å². The molecule has 0 saturated heterocycles. The summed E-state index contributed by atoms with van der Waals surface area (Å²) in [6, 6.07) is 6.94. The van der Waals surface area contributed by atoms with Crippen molar-refractivity contribution in [3.63, 3.8) is 0 Å². The van der Waals surface area contributed by atoms with Crippen LogP contribution in [0.1, 0.15) is 38.8 Å². The lowest BCUT2D eigenvalue weighted by atomic mass is 9.89. The van der Waals surface area contributed by atoms with Crippen molar-refractivity contribution in [3.8, 4) is 0 Å². The SMILES string of the molecule is COCCC(C)(C)CNC(C)c1ccccc1F. The Morgan fingerprint density at radius 3 is 2.61 bits per heavy atom. The number of hydrogen-bond donors (Lipinski definition) is 1. The summed E-state index contributed by atoms with van der Waals surface area (Å²) in [5, 5.41) is 3.39. The molecule has 3 heteroatoms. The van der Waals surface area contributed by atoms with E-state index in [1.54, 1.807) is 13.2 Å². The molecule has 1 aromatic carbocycles. The molecule has 0 amide bonds. The van der Waals surface area contributed by atoms with Gasteiger partial charge in [0.05, 0.1) is 0 Å². The van der Waals surface area contributed by atoms with Gasteiger partial charge in [0.15, 0.2) is 0 Å². The van der Waals surface area contributed by atoms with Gasteiger partial charge in [-0.3, -0.25) is 0 Å². The molecule has 1 rings (SSSR count). The molecule has 0 spiro atoms. The molecule has 0 fully saturated rings. The molecule has 0 aliphatic heterocycles. The number of halogens is 1. The van der Waals surface area contributed by atoms with Crippen molar-refractivity contribution in [2.45, 2.75) is 33.2 Å². The zero-order chi connectivity index (χ0) is 13.6. The summed E-state index contributed by atoms with van der Waals surface area (Å²) in [4.78, 5) is 0. The molecule has 102 valence electrons. The Bertz CT molecular complexity index is 365. The molecule has 0 bridgehead atoms. The highest BCUT2D eigenvalue weighted by Crippen LogP contribution is 2.22. The summed E-state index contributed by atoms with van der Waals surface area (Å²) < 4.78 is 18.7. The monoisotopic (exact) mass is 253 g/mol. The van der Waals surface area contributed by atoms with Crippen LogP contribution in [0.2, 0.25) is 0 Å². The highest BCUT2D eigenvalue weighted by Gasteiger charge is 2.19. The predicted molar refractivity (Wildman–Crippen MR) is 73.1 cm³/mol. The van der Waals surface area contributed by atoms with Gasteiger partial charge in [-0.25, -0.2) is 4.39 Å². The van der Waals surface area contributed by atoms with Crippen LogP contribution in [0.3, 0.4) is 0 Å². The van der Waals surface area contributed by atoms with Gasteiger partial charge in [-0.1, -0.05) is 32.0 Å². The molecule has 0 heterocycles. The fraction of sp³-hybridized carbons (Fsp3) is 0.600. The van der Waals surface area contributed by atoms with Gasteiger partial charge in [-0.2, -0.15) is 0 Å². The van der Waals surface area contributed by atoms with Crippen molar-refractivity contribution >= 4 is 0 Å². The molecule has 0 aliphatic carbocycles. The fourth-order valence-corrected chi connectivity index (χ4v) is 1.83.